The van der Waals surface area contributed by atoms with Gasteiger partial charge in [0.15, 0.2) is 0 Å². The van der Waals surface area contributed by atoms with E-state index in [9.17, 15) is 13.2 Å². The Morgan fingerprint density at radius 3 is 2.44 bits per heavy atom. The summed E-state index contributed by atoms with van der Waals surface area (Å²) in [7, 11) is -3.75. The number of halogens is 2. The van der Waals surface area contributed by atoms with Crippen molar-refractivity contribution in [3.8, 4) is 0 Å². The first-order chi connectivity index (χ1) is 12.8. The molecule has 1 aliphatic heterocycles. The largest absolute Gasteiger partial charge is 0.337 e. The van der Waals surface area contributed by atoms with Crippen LogP contribution in [0.1, 0.15) is 9.75 Å². The third-order valence-corrected chi connectivity index (χ3v) is 7.79. The minimum Gasteiger partial charge on any atom is -0.337 e. The van der Waals surface area contributed by atoms with E-state index in [2.05, 4.69) is 0 Å². The molecule has 2 heterocycles. The van der Waals surface area contributed by atoms with Crippen molar-refractivity contribution < 1.29 is 13.2 Å². The molecular formula is C18H18Cl2N2O3S2. The fourth-order valence-electron chi connectivity index (χ4n) is 2.76. The zero-order valence-electron chi connectivity index (χ0n) is 14.6. The van der Waals surface area contributed by atoms with Gasteiger partial charge in [0.1, 0.15) is 4.90 Å². The lowest BCUT2D eigenvalue weighted by molar-refractivity contribution is -0.127. The van der Waals surface area contributed by atoms with Gasteiger partial charge in [-0.1, -0.05) is 23.2 Å². The number of benzene rings is 1. The first-order valence-corrected chi connectivity index (χ1v) is 11.3. The van der Waals surface area contributed by atoms with Gasteiger partial charge < -0.3 is 4.90 Å². The maximum absolute atomic E-state index is 12.8. The summed E-state index contributed by atoms with van der Waals surface area (Å²) in [6, 6.07) is 8.32. The Balaban J connectivity index is 1.65. The second-order valence-electron chi connectivity index (χ2n) is 6.09. The fourth-order valence-corrected chi connectivity index (χ4v) is 5.70. The number of amides is 1. The molecule has 5 nitrogen and oxygen atoms in total. The average Bonchev–Trinajstić information content (AvgIpc) is 3.07. The highest BCUT2D eigenvalue weighted by atomic mass is 35.5. The van der Waals surface area contributed by atoms with Crippen LogP contribution in [0, 0.1) is 6.92 Å². The molecule has 0 atom stereocenters. The number of nitrogens with zero attached hydrogens (tertiary/aromatic N) is 2. The summed E-state index contributed by atoms with van der Waals surface area (Å²) in [6.07, 6.45) is 3.32. The van der Waals surface area contributed by atoms with E-state index in [1.165, 1.54) is 27.4 Å². The first kappa shape index (κ1) is 20.4. The van der Waals surface area contributed by atoms with Crippen molar-refractivity contribution in [2.45, 2.75) is 11.8 Å². The Hall–Kier alpha value is -1.38. The van der Waals surface area contributed by atoms with E-state index in [-0.39, 0.29) is 28.9 Å². The van der Waals surface area contributed by atoms with Gasteiger partial charge in [-0.25, -0.2) is 8.42 Å². The average molecular weight is 445 g/mol. The zero-order chi connectivity index (χ0) is 19.6. The van der Waals surface area contributed by atoms with Gasteiger partial charge in [0.25, 0.3) is 0 Å². The SMILES string of the molecule is Cc1ccc(C=CC(=O)N2CCN(S(=O)(=O)c3cc(Cl)ccc3Cl)CC2)s1. The van der Waals surface area contributed by atoms with Gasteiger partial charge in [0.2, 0.25) is 15.9 Å². The molecule has 1 aliphatic rings. The monoisotopic (exact) mass is 444 g/mol. The van der Waals surface area contributed by atoms with E-state index in [1.54, 1.807) is 28.4 Å². The molecule has 9 heteroatoms. The van der Waals surface area contributed by atoms with Crippen molar-refractivity contribution in [3.05, 3.63) is 56.2 Å². The molecule has 0 aliphatic carbocycles. The van der Waals surface area contributed by atoms with Gasteiger partial charge in [-0.15, -0.1) is 11.3 Å². The summed E-state index contributed by atoms with van der Waals surface area (Å²) >= 11 is 13.6. The lowest BCUT2D eigenvalue weighted by Crippen LogP contribution is -2.50. The predicted molar refractivity (Wildman–Crippen MR) is 110 cm³/mol. The number of hydrogen-bond acceptors (Lipinski definition) is 4. The number of carbonyl (C=O) groups is 1. The Kier molecular flexibility index (Phi) is 6.28. The molecule has 1 amide bonds. The molecule has 27 heavy (non-hydrogen) atoms. The molecule has 3 rings (SSSR count). The highest BCUT2D eigenvalue weighted by Crippen LogP contribution is 2.28. The molecule has 1 fully saturated rings. The molecule has 1 aromatic heterocycles. The summed E-state index contributed by atoms with van der Waals surface area (Å²) < 4.78 is 27.0. The van der Waals surface area contributed by atoms with Gasteiger partial charge >= 0.3 is 0 Å². The summed E-state index contributed by atoms with van der Waals surface area (Å²) in [5.74, 6) is -0.126. The van der Waals surface area contributed by atoms with Gasteiger partial charge in [-0.05, 0) is 43.3 Å². The number of hydrogen-bond donors (Lipinski definition) is 0. The normalized spacial score (nSPS) is 16.2. The highest BCUT2D eigenvalue weighted by Gasteiger charge is 2.31. The van der Waals surface area contributed by atoms with Gasteiger partial charge in [0.05, 0.1) is 5.02 Å². The maximum Gasteiger partial charge on any atom is 0.246 e. The molecule has 0 spiro atoms. The van der Waals surface area contributed by atoms with Crippen molar-refractivity contribution in [1.29, 1.82) is 0 Å². The summed E-state index contributed by atoms with van der Waals surface area (Å²) in [5, 5.41) is 0.438. The van der Waals surface area contributed by atoms with Crippen LogP contribution in [0.2, 0.25) is 10.0 Å². The molecular weight excluding hydrogens is 427 g/mol. The molecule has 1 aromatic carbocycles. The van der Waals surface area contributed by atoms with E-state index in [0.717, 1.165) is 4.88 Å². The Labute approximate surface area is 172 Å². The maximum atomic E-state index is 12.8. The van der Waals surface area contributed by atoms with Crippen LogP contribution in [-0.2, 0) is 14.8 Å². The second kappa shape index (κ2) is 8.32. The fraction of sp³-hybridized carbons (Fsp3) is 0.278. The topological polar surface area (TPSA) is 57.7 Å². The number of aryl methyl sites for hydroxylation is 1. The number of sulfonamides is 1. The Morgan fingerprint density at radius 2 is 1.81 bits per heavy atom. The van der Waals surface area contributed by atoms with Crippen LogP contribution in [0.5, 0.6) is 0 Å². The van der Waals surface area contributed by atoms with E-state index >= 15 is 0 Å². The smallest absolute Gasteiger partial charge is 0.246 e. The molecule has 144 valence electrons. The lowest BCUT2D eigenvalue weighted by atomic mass is 10.3. The minimum atomic E-state index is -3.75. The zero-order valence-corrected chi connectivity index (χ0v) is 17.7. The Bertz CT molecular complexity index is 978. The van der Waals surface area contributed by atoms with Crippen LogP contribution < -0.4 is 0 Å². The van der Waals surface area contributed by atoms with Crippen molar-refractivity contribution in [1.82, 2.24) is 9.21 Å². The Morgan fingerprint density at radius 1 is 1.11 bits per heavy atom. The van der Waals surface area contributed by atoms with Crippen LogP contribution in [0.15, 0.2) is 41.3 Å². The van der Waals surface area contributed by atoms with Crippen molar-refractivity contribution in [2.75, 3.05) is 26.2 Å². The summed E-state index contributed by atoms with van der Waals surface area (Å²) in [6.45, 7) is 3.08. The van der Waals surface area contributed by atoms with Crippen LogP contribution in [0.25, 0.3) is 6.08 Å². The quantitative estimate of drug-likeness (QED) is 0.671. The standard InChI is InChI=1S/C18H18Cl2N2O3S2/c1-13-2-4-15(26-13)5-7-18(23)21-8-10-22(11-9-21)27(24,25)17-12-14(19)3-6-16(17)20/h2-7,12H,8-11H2,1H3. The molecule has 0 unspecified atom stereocenters. The molecule has 0 bridgehead atoms. The number of piperazine rings is 1. The van der Waals surface area contributed by atoms with E-state index in [0.29, 0.717) is 18.1 Å². The van der Waals surface area contributed by atoms with Crippen LogP contribution in [0.3, 0.4) is 0 Å². The summed E-state index contributed by atoms with van der Waals surface area (Å²) in [5.41, 5.74) is 0. The van der Waals surface area contributed by atoms with Gasteiger partial charge in [-0.2, -0.15) is 4.31 Å². The molecule has 2 aromatic rings. The minimum absolute atomic E-state index is 0.00981. The molecule has 1 saturated heterocycles. The van der Waals surface area contributed by atoms with Crippen molar-refractivity contribution >= 4 is 56.5 Å². The third kappa shape index (κ3) is 4.73. The van der Waals surface area contributed by atoms with Crippen molar-refractivity contribution in [3.63, 3.8) is 0 Å². The molecule has 0 radical (unpaired) electrons. The second-order valence-corrected chi connectivity index (χ2v) is 10.2. The number of carbonyl (C=O) groups excluding carboxylic acids is 1. The first-order valence-electron chi connectivity index (χ1n) is 8.26. The molecule has 0 saturated carbocycles. The van der Waals surface area contributed by atoms with E-state index in [4.69, 9.17) is 23.2 Å². The van der Waals surface area contributed by atoms with Crippen LogP contribution in [0.4, 0.5) is 0 Å². The number of rotatable bonds is 4. The third-order valence-electron chi connectivity index (χ3n) is 4.21. The number of thiophene rings is 1. The predicted octanol–water partition coefficient (Wildman–Crippen LogP) is 3.91. The van der Waals surface area contributed by atoms with Crippen molar-refractivity contribution in [2.24, 2.45) is 0 Å². The lowest BCUT2D eigenvalue weighted by Gasteiger charge is -2.33. The van der Waals surface area contributed by atoms with E-state index < -0.39 is 10.0 Å². The van der Waals surface area contributed by atoms with Gasteiger partial charge in [0, 0.05) is 47.0 Å². The summed E-state index contributed by atoms with van der Waals surface area (Å²) in [4.78, 5) is 16.2. The van der Waals surface area contributed by atoms with Crippen LogP contribution >= 0.6 is 34.5 Å². The van der Waals surface area contributed by atoms with E-state index in [1.807, 2.05) is 19.1 Å². The van der Waals surface area contributed by atoms with Crippen LogP contribution in [-0.4, -0.2) is 49.7 Å². The highest BCUT2D eigenvalue weighted by molar-refractivity contribution is 7.89. The molecule has 0 N–H and O–H groups in total. The van der Waals surface area contributed by atoms with Gasteiger partial charge in [-0.3, -0.25) is 4.79 Å².